The monoisotopic (exact) mass is 209 g/mol. The Labute approximate surface area is 88.7 Å². The van der Waals surface area contributed by atoms with E-state index in [0.29, 0.717) is 6.04 Å². The van der Waals surface area contributed by atoms with Crippen LogP contribution in [-0.4, -0.2) is 23.5 Å². The highest BCUT2D eigenvalue weighted by molar-refractivity contribution is 7.99. The molecule has 0 aliphatic carbocycles. The predicted octanol–water partition coefficient (Wildman–Crippen LogP) is 2.26. The summed E-state index contributed by atoms with van der Waals surface area (Å²) in [6, 6.07) is 6.89. The van der Waals surface area contributed by atoms with Gasteiger partial charge in [0, 0.05) is 29.0 Å². The molecule has 14 heavy (non-hydrogen) atoms. The third-order valence-corrected chi connectivity index (χ3v) is 3.65. The van der Waals surface area contributed by atoms with Crippen LogP contribution in [0.4, 0.5) is 5.69 Å². The van der Waals surface area contributed by atoms with Crippen molar-refractivity contribution in [3.05, 3.63) is 23.8 Å². The third kappa shape index (κ3) is 2.04. The van der Waals surface area contributed by atoms with Gasteiger partial charge in [0.1, 0.15) is 0 Å². The largest absolute Gasteiger partial charge is 0.396 e. The van der Waals surface area contributed by atoms with Gasteiger partial charge in [0.25, 0.3) is 0 Å². The lowest BCUT2D eigenvalue weighted by Gasteiger charge is -2.26. The van der Waals surface area contributed by atoms with Crippen molar-refractivity contribution < 1.29 is 5.11 Å². The number of thioether (sulfide) groups is 1. The van der Waals surface area contributed by atoms with Gasteiger partial charge >= 0.3 is 0 Å². The second-order valence-electron chi connectivity index (χ2n) is 3.66. The van der Waals surface area contributed by atoms with Crippen molar-refractivity contribution in [2.24, 2.45) is 0 Å². The van der Waals surface area contributed by atoms with E-state index >= 15 is 0 Å². The van der Waals surface area contributed by atoms with Crippen LogP contribution in [0.25, 0.3) is 0 Å². The molecule has 2 nitrogen and oxygen atoms in total. The first kappa shape index (κ1) is 9.87. The van der Waals surface area contributed by atoms with Crippen molar-refractivity contribution in [1.82, 2.24) is 0 Å². The molecule has 2 N–H and O–H groups in total. The van der Waals surface area contributed by atoms with Gasteiger partial charge in [0.15, 0.2) is 0 Å². The standard InChI is InChI=1S/C11H15NOS/c1-8-2-3-11-10(6-8)12-9(4-5-13)7-14-11/h2-3,6,9,12-13H,4-5,7H2,1H3. The summed E-state index contributed by atoms with van der Waals surface area (Å²) in [6.45, 7) is 2.36. The van der Waals surface area contributed by atoms with E-state index in [0.717, 1.165) is 12.2 Å². The van der Waals surface area contributed by atoms with Gasteiger partial charge in [0.05, 0.1) is 0 Å². The van der Waals surface area contributed by atoms with E-state index < -0.39 is 0 Å². The molecule has 0 amide bonds. The fourth-order valence-corrected chi connectivity index (χ4v) is 2.71. The molecule has 0 bridgehead atoms. The highest BCUT2D eigenvalue weighted by Gasteiger charge is 2.17. The highest BCUT2D eigenvalue weighted by Crippen LogP contribution is 2.34. The molecule has 76 valence electrons. The molecule has 0 saturated heterocycles. The topological polar surface area (TPSA) is 32.3 Å². The fourth-order valence-electron chi connectivity index (χ4n) is 1.65. The summed E-state index contributed by atoms with van der Waals surface area (Å²) in [4.78, 5) is 1.32. The minimum atomic E-state index is 0.263. The van der Waals surface area contributed by atoms with E-state index in [4.69, 9.17) is 5.11 Å². The van der Waals surface area contributed by atoms with Gasteiger partial charge in [0.2, 0.25) is 0 Å². The van der Waals surface area contributed by atoms with E-state index in [9.17, 15) is 0 Å². The van der Waals surface area contributed by atoms with E-state index in [1.54, 1.807) is 0 Å². The molecule has 1 atom stereocenters. The van der Waals surface area contributed by atoms with Crippen LogP contribution in [0.2, 0.25) is 0 Å². The molecule has 0 radical (unpaired) electrons. The summed E-state index contributed by atoms with van der Waals surface area (Å²) >= 11 is 1.87. The zero-order valence-electron chi connectivity index (χ0n) is 8.29. The lowest BCUT2D eigenvalue weighted by molar-refractivity contribution is 0.282. The molecular formula is C11H15NOS. The zero-order chi connectivity index (χ0) is 9.97. The summed E-state index contributed by atoms with van der Waals surface area (Å²) in [6.07, 6.45) is 0.834. The Morgan fingerprint density at radius 3 is 3.21 bits per heavy atom. The van der Waals surface area contributed by atoms with Crippen LogP contribution in [0.15, 0.2) is 23.1 Å². The molecular weight excluding hydrogens is 194 g/mol. The average Bonchev–Trinajstić information content (AvgIpc) is 2.17. The average molecular weight is 209 g/mol. The third-order valence-electron chi connectivity index (χ3n) is 2.41. The molecule has 1 unspecified atom stereocenters. The number of rotatable bonds is 2. The summed E-state index contributed by atoms with van der Waals surface area (Å²) in [5, 5.41) is 12.3. The van der Waals surface area contributed by atoms with Gasteiger partial charge in [-0.3, -0.25) is 0 Å². The van der Waals surface area contributed by atoms with Crippen LogP contribution in [0, 0.1) is 6.92 Å². The number of aliphatic hydroxyl groups is 1. The quantitative estimate of drug-likeness (QED) is 0.783. The van der Waals surface area contributed by atoms with E-state index in [2.05, 4.69) is 30.4 Å². The first-order chi connectivity index (χ1) is 6.79. The maximum atomic E-state index is 8.87. The van der Waals surface area contributed by atoms with E-state index in [1.807, 2.05) is 11.8 Å². The molecule has 1 aliphatic heterocycles. The van der Waals surface area contributed by atoms with Crippen molar-refractivity contribution in [2.45, 2.75) is 24.3 Å². The minimum absolute atomic E-state index is 0.263. The van der Waals surface area contributed by atoms with E-state index in [-0.39, 0.29) is 6.61 Å². The minimum Gasteiger partial charge on any atom is -0.396 e. The SMILES string of the molecule is Cc1ccc2c(c1)NC(CCO)CS2. The predicted molar refractivity (Wildman–Crippen MR) is 61.0 cm³/mol. The van der Waals surface area contributed by atoms with Gasteiger partial charge in [-0.15, -0.1) is 11.8 Å². The number of nitrogens with one attached hydrogen (secondary N) is 1. The van der Waals surface area contributed by atoms with Gasteiger partial charge in [-0.2, -0.15) is 0 Å². The van der Waals surface area contributed by atoms with Crippen molar-refractivity contribution in [3.63, 3.8) is 0 Å². The van der Waals surface area contributed by atoms with Crippen LogP contribution < -0.4 is 5.32 Å². The second-order valence-corrected chi connectivity index (χ2v) is 4.73. The molecule has 0 fully saturated rings. The van der Waals surface area contributed by atoms with E-state index in [1.165, 1.54) is 16.1 Å². The maximum Gasteiger partial charge on any atom is 0.0483 e. The normalized spacial score (nSPS) is 20.0. The first-order valence-electron chi connectivity index (χ1n) is 4.90. The van der Waals surface area contributed by atoms with Crippen molar-refractivity contribution >= 4 is 17.4 Å². The van der Waals surface area contributed by atoms with Crippen LogP contribution in [0.3, 0.4) is 0 Å². The first-order valence-corrected chi connectivity index (χ1v) is 5.89. The lowest BCUT2D eigenvalue weighted by Crippen LogP contribution is -2.26. The number of benzene rings is 1. The van der Waals surface area contributed by atoms with Crippen molar-refractivity contribution in [2.75, 3.05) is 17.7 Å². The fraction of sp³-hybridized carbons (Fsp3) is 0.455. The second kappa shape index (κ2) is 4.24. The van der Waals surface area contributed by atoms with Crippen molar-refractivity contribution in [1.29, 1.82) is 0 Å². The lowest BCUT2D eigenvalue weighted by atomic mass is 10.2. The Balaban J connectivity index is 2.16. The Kier molecular flexibility index (Phi) is 2.99. The molecule has 1 aromatic rings. The Hall–Kier alpha value is -0.670. The van der Waals surface area contributed by atoms with Crippen LogP contribution >= 0.6 is 11.8 Å². The zero-order valence-corrected chi connectivity index (χ0v) is 9.10. The van der Waals surface area contributed by atoms with Gasteiger partial charge < -0.3 is 10.4 Å². The molecule has 0 spiro atoms. The Morgan fingerprint density at radius 1 is 1.57 bits per heavy atom. The molecule has 0 saturated carbocycles. The smallest absolute Gasteiger partial charge is 0.0483 e. The highest BCUT2D eigenvalue weighted by atomic mass is 32.2. The van der Waals surface area contributed by atoms with Crippen LogP contribution in [0.5, 0.6) is 0 Å². The Morgan fingerprint density at radius 2 is 2.43 bits per heavy atom. The summed E-state index contributed by atoms with van der Waals surface area (Å²) in [5.74, 6) is 1.05. The molecule has 2 rings (SSSR count). The number of anilines is 1. The number of hydrogen-bond donors (Lipinski definition) is 2. The summed E-state index contributed by atoms with van der Waals surface area (Å²) < 4.78 is 0. The number of hydrogen-bond acceptors (Lipinski definition) is 3. The van der Waals surface area contributed by atoms with Crippen LogP contribution in [0.1, 0.15) is 12.0 Å². The summed E-state index contributed by atoms with van der Waals surface area (Å²) in [5.41, 5.74) is 2.50. The van der Waals surface area contributed by atoms with Gasteiger partial charge in [-0.25, -0.2) is 0 Å². The number of aliphatic hydroxyl groups excluding tert-OH is 1. The molecule has 0 aromatic heterocycles. The Bertz CT molecular complexity index is 327. The molecule has 3 heteroatoms. The number of fused-ring (bicyclic) bond motifs is 1. The maximum absolute atomic E-state index is 8.87. The van der Waals surface area contributed by atoms with Gasteiger partial charge in [-0.05, 0) is 31.0 Å². The molecule has 1 aliphatic rings. The van der Waals surface area contributed by atoms with Crippen LogP contribution in [-0.2, 0) is 0 Å². The number of aryl methyl sites for hydroxylation is 1. The summed E-state index contributed by atoms with van der Waals surface area (Å²) in [7, 11) is 0. The molecule has 1 heterocycles. The molecule has 1 aromatic carbocycles. The van der Waals surface area contributed by atoms with Crippen molar-refractivity contribution in [3.8, 4) is 0 Å². The van der Waals surface area contributed by atoms with Gasteiger partial charge in [-0.1, -0.05) is 6.07 Å².